The minimum absolute atomic E-state index is 0.0764. The summed E-state index contributed by atoms with van der Waals surface area (Å²) in [6.07, 6.45) is -1.25. The fraction of sp³-hybridized carbons (Fsp3) is 0.435. The third kappa shape index (κ3) is 6.83. The van der Waals surface area contributed by atoms with Crippen LogP contribution in [-0.4, -0.2) is 71.6 Å². The molecule has 2 aliphatic heterocycles. The first-order valence-electron chi connectivity index (χ1n) is 10.5. The minimum atomic E-state index is -5.08. The van der Waals surface area contributed by atoms with E-state index >= 15 is 0 Å². The molecule has 11 heteroatoms. The van der Waals surface area contributed by atoms with Crippen LogP contribution >= 0.6 is 0 Å². The van der Waals surface area contributed by atoms with Crippen LogP contribution in [0.3, 0.4) is 0 Å². The zero-order chi connectivity index (χ0) is 24.8. The molecule has 1 spiro atoms. The number of rotatable bonds is 5. The van der Waals surface area contributed by atoms with Gasteiger partial charge in [-0.05, 0) is 23.8 Å². The van der Waals surface area contributed by atoms with Crippen molar-refractivity contribution in [1.29, 1.82) is 0 Å². The number of carboxylic acid groups (broad SMARTS) is 1. The van der Waals surface area contributed by atoms with Gasteiger partial charge in [-0.1, -0.05) is 18.2 Å². The zero-order valence-corrected chi connectivity index (χ0v) is 18.5. The van der Waals surface area contributed by atoms with Crippen molar-refractivity contribution >= 4 is 11.9 Å². The molecule has 2 fully saturated rings. The third-order valence-corrected chi connectivity index (χ3v) is 5.44. The summed E-state index contributed by atoms with van der Waals surface area (Å²) in [5, 5.41) is 7.12. The van der Waals surface area contributed by atoms with E-state index in [4.69, 9.17) is 24.1 Å². The van der Waals surface area contributed by atoms with Crippen molar-refractivity contribution in [1.82, 2.24) is 9.88 Å². The van der Waals surface area contributed by atoms with Gasteiger partial charge in [-0.3, -0.25) is 4.79 Å². The van der Waals surface area contributed by atoms with Crippen molar-refractivity contribution in [2.45, 2.75) is 37.1 Å². The molecule has 2 saturated heterocycles. The highest BCUT2D eigenvalue weighted by atomic mass is 19.4. The SMILES string of the molecule is COc1ccc(CC(=O)N2CC3(CC(Oc4ccccn4)CCO3)C2)cc1.O=C(O)C(F)(F)F. The molecule has 0 aliphatic carbocycles. The average Bonchev–Trinajstić information content (AvgIpc) is 2.78. The Morgan fingerprint density at radius 2 is 1.88 bits per heavy atom. The van der Waals surface area contributed by atoms with E-state index in [0.29, 0.717) is 32.0 Å². The largest absolute Gasteiger partial charge is 0.497 e. The molecule has 2 aromatic rings. The second-order valence-electron chi connectivity index (χ2n) is 8.01. The van der Waals surface area contributed by atoms with Gasteiger partial charge < -0.3 is 24.2 Å². The van der Waals surface area contributed by atoms with Crippen molar-refractivity contribution in [2.75, 3.05) is 26.8 Å². The van der Waals surface area contributed by atoms with Crippen molar-refractivity contribution in [3.05, 3.63) is 54.2 Å². The lowest BCUT2D eigenvalue weighted by Gasteiger charge is -2.52. The highest BCUT2D eigenvalue weighted by Crippen LogP contribution is 2.36. The first-order valence-corrected chi connectivity index (χ1v) is 10.5. The van der Waals surface area contributed by atoms with Crippen molar-refractivity contribution < 1.29 is 42.1 Å². The number of alkyl halides is 3. The molecule has 4 rings (SSSR count). The number of carboxylic acids is 1. The van der Waals surface area contributed by atoms with Crippen LogP contribution < -0.4 is 9.47 Å². The van der Waals surface area contributed by atoms with Crippen LogP contribution in [-0.2, 0) is 20.7 Å². The van der Waals surface area contributed by atoms with Crippen molar-refractivity contribution in [3.8, 4) is 11.6 Å². The smallest absolute Gasteiger partial charge is 0.490 e. The fourth-order valence-electron chi connectivity index (χ4n) is 3.75. The van der Waals surface area contributed by atoms with Gasteiger partial charge in [-0.25, -0.2) is 9.78 Å². The van der Waals surface area contributed by atoms with Gasteiger partial charge >= 0.3 is 12.1 Å². The van der Waals surface area contributed by atoms with E-state index in [1.165, 1.54) is 0 Å². The number of pyridine rings is 1. The summed E-state index contributed by atoms with van der Waals surface area (Å²) >= 11 is 0. The standard InChI is InChI=1S/C21H24N2O4.C2HF3O2/c1-25-17-7-5-16(6-8-17)12-20(24)23-14-21(15-23)13-18(9-11-26-21)27-19-4-2-3-10-22-19;3-2(4,5)1(6)7/h2-8,10,18H,9,11-15H2,1H3;(H,6,7). The lowest BCUT2D eigenvalue weighted by atomic mass is 9.84. The summed E-state index contributed by atoms with van der Waals surface area (Å²) in [5.74, 6) is -1.19. The minimum Gasteiger partial charge on any atom is -0.497 e. The van der Waals surface area contributed by atoms with E-state index in [1.807, 2.05) is 47.4 Å². The van der Waals surface area contributed by atoms with Gasteiger partial charge in [-0.2, -0.15) is 13.2 Å². The van der Waals surface area contributed by atoms with Gasteiger partial charge in [0.05, 0.1) is 33.2 Å². The van der Waals surface area contributed by atoms with E-state index in [0.717, 1.165) is 24.2 Å². The molecular formula is C23H25F3N2O6. The highest BCUT2D eigenvalue weighted by Gasteiger charge is 2.49. The Morgan fingerprint density at radius 3 is 2.44 bits per heavy atom. The molecular weight excluding hydrogens is 457 g/mol. The first-order chi connectivity index (χ1) is 16.1. The van der Waals surface area contributed by atoms with Crippen LogP contribution in [0.5, 0.6) is 11.6 Å². The highest BCUT2D eigenvalue weighted by molar-refractivity contribution is 5.80. The summed E-state index contributed by atoms with van der Waals surface area (Å²) in [7, 11) is 1.63. The number of aromatic nitrogens is 1. The molecule has 2 aliphatic rings. The van der Waals surface area contributed by atoms with E-state index in [1.54, 1.807) is 13.3 Å². The Balaban J connectivity index is 0.000000406. The van der Waals surface area contributed by atoms with Crippen LogP contribution in [0.4, 0.5) is 13.2 Å². The summed E-state index contributed by atoms with van der Waals surface area (Å²) in [5.41, 5.74) is 0.718. The van der Waals surface area contributed by atoms with Gasteiger partial charge in [-0.15, -0.1) is 0 Å². The number of carbonyl (C=O) groups is 2. The topological polar surface area (TPSA) is 98.2 Å². The van der Waals surface area contributed by atoms with Crippen LogP contribution in [0, 0.1) is 0 Å². The predicted octanol–water partition coefficient (Wildman–Crippen LogP) is 3.11. The number of amides is 1. The second-order valence-corrected chi connectivity index (χ2v) is 8.01. The Morgan fingerprint density at radius 1 is 1.21 bits per heavy atom. The number of likely N-dealkylation sites (tertiary alicyclic amines) is 1. The quantitative estimate of drug-likeness (QED) is 0.699. The van der Waals surface area contributed by atoms with Crippen LogP contribution in [0.1, 0.15) is 18.4 Å². The molecule has 1 amide bonds. The molecule has 184 valence electrons. The van der Waals surface area contributed by atoms with E-state index in [9.17, 15) is 18.0 Å². The molecule has 3 heterocycles. The van der Waals surface area contributed by atoms with Crippen molar-refractivity contribution in [3.63, 3.8) is 0 Å². The lowest BCUT2D eigenvalue weighted by Crippen LogP contribution is -2.67. The molecule has 0 saturated carbocycles. The average molecular weight is 482 g/mol. The normalized spacial score (nSPS) is 18.8. The Labute approximate surface area is 194 Å². The number of aliphatic carboxylic acids is 1. The van der Waals surface area contributed by atoms with Gasteiger partial charge in [0, 0.05) is 25.1 Å². The fourth-order valence-corrected chi connectivity index (χ4v) is 3.75. The van der Waals surface area contributed by atoms with Crippen LogP contribution in [0.25, 0.3) is 0 Å². The Hall–Kier alpha value is -3.34. The number of hydrogen-bond donors (Lipinski definition) is 1. The molecule has 0 radical (unpaired) electrons. The molecule has 34 heavy (non-hydrogen) atoms. The first kappa shape index (κ1) is 25.3. The summed E-state index contributed by atoms with van der Waals surface area (Å²) in [4.78, 5) is 27.5. The number of hydrogen-bond acceptors (Lipinski definition) is 6. The number of carbonyl (C=O) groups excluding carboxylic acids is 1. The second kappa shape index (κ2) is 10.7. The molecule has 8 nitrogen and oxygen atoms in total. The third-order valence-electron chi connectivity index (χ3n) is 5.44. The van der Waals surface area contributed by atoms with Crippen LogP contribution in [0.2, 0.25) is 0 Å². The molecule has 1 aromatic carbocycles. The summed E-state index contributed by atoms with van der Waals surface area (Å²) in [6.45, 7) is 1.91. The van der Waals surface area contributed by atoms with Gasteiger partial charge in [0.2, 0.25) is 11.8 Å². The molecule has 1 atom stereocenters. The summed E-state index contributed by atoms with van der Waals surface area (Å²) < 4.78 is 48.9. The van der Waals surface area contributed by atoms with Crippen LogP contribution in [0.15, 0.2) is 48.7 Å². The predicted molar refractivity (Wildman–Crippen MR) is 114 cm³/mol. The number of methoxy groups -OCH3 is 1. The van der Waals surface area contributed by atoms with E-state index < -0.39 is 12.1 Å². The molecule has 1 N–H and O–H groups in total. The molecule has 0 bridgehead atoms. The number of ether oxygens (including phenoxy) is 3. The maximum Gasteiger partial charge on any atom is 0.490 e. The Kier molecular flexibility index (Phi) is 7.98. The molecule has 1 unspecified atom stereocenters. The summed E-state index contributed by atoms with van der Waals surface area (Å²) in [6, 6.07) is 13.3. The molecule has 1 aromatic heterocycles. The van der Waals surface area contributed by atoms with Gasteiger partial charge in [0.1, 0.15) is 17.5 Å². The maximum atomic E-state index is 12.5. The van der Waals surface area contributed by atoms with E-state index in [-0.39, 0.29) is 17.6 Å². The van der Waals surface area contributed by atoms with Crippen molar-refractivity contribution in [2.24, 2.45) is 0 Å². The zero-order valence-electron chi connectivity index (χ0n) is 18.5. The van der Waals surface area contributed by atoms with Gasteiger partial charge in [0.25, 0.3) is 0 Å². The lowest BCUT2D eigenvalue weighted by molar-refractivity contribution is -0.193. The number of benzene rings is 1. The maximum absolute atomic E-state index is 12.5. The monoisotopic (exact) mass is 482 g/mol. The van der Waals surface area contributed by atoms with E-state index in [2.05, 4.69) is 4.98 Å². The number of halogens is 3. The van der Waals surface area contributed by atoms with Gasteiger partial charge in [0.15, 0.2) is 0 Å². The Bertz CT molecular complexity index is 963. The number of nitrogens with zero attached hydrogens (tertiary/aromatic N) is 2.